The highest BCUT2D eigenvalue weighted by atomic mass is 16.6. The van der Waals surface area contributed by atoms with Gasteiger partial charge in [0.25, 0.3) is 0 Å². The number of piperazine rings is 1. The van der Waals surface area contributed by atoms with Gasteiger partial charge < -0.3 is 24.6 Å². The Morgan fingerprint density at radius 2 is 1.60 bits per heavy atom. The Labute approximate surface area is 119 Å². The third-order valence-corrected chi connectivity index (χ3v) is 2.90. The Morgan fingerprint density at radius 3 is 2.05 bits per heavy atom. The molecule has 1 rings (SSSR count). The zero-order valence-electron chi connectivity index (χ0n) is 12.3. The molecule has 0 aliphatic carbocycles. The smallest absolute Gasteiger partial charge is 0.444 e. The van der Waals surface area contributed by atoms with Crippen molar-refractivity contribution in [3.8, 4) is 0 Å². The molecule has 1 aliphatic heterocycles. The van der Waals surface area contributed by atoms with Crippen molar-refractivity contribution in [2.24, 2.45) is 0 Å². The Kier molecular flexibility index (Phi) is 5.82. The van der Waals surface area contributed by atoms with Gasteiger partial charge in [0.05, 0.1) is 0 Å². The fraction of sp³-hybridized carbons (Fsp3) is 0.833. The van der Waals surface area contributed by atoms with Gasteiger partial charge in [-0.15, -0.1) is 0 Å². The van der Waals surface area contributed by atoms with E-state index in [-0.39, 0.29) is 24.7 Å². The summed E-state index contributed by atoms with van der Waals surface area (Å²) in [6.07, 6.45) is -0.231. The minimum Gasteiger partial charge on any atom is -0.444 e. The molecule has 0 aromatic heterocycles. The van der Waals surface area contributed by atoms with Gasteiger partial charge in [-0.3, -0.25) is 4.79 Å². The molecule has 7 nitrogen and oxygen atoms in total. The van der Waals surface area contributed by atoms with Crippen LogP contribution in [0.15, 0.2) is 0 Å². The van der Waals surface area contributed by atoms with E-state index in [9.17, 15) is 9.59 Å². The molecule has 1 aliphatic rings. The predicted molar refractivity (Wildman–Crippen MR) is 74.0 cm³/mol. The number of carbonyl (C=O) groups excluding carboxylic acids is 2. The van der Waals surface area contributed by atoms with E-state index in [1.54, 1.807) is 9.80 Å². The second-order valence-corrected chi connectivity index (χ2v) is 5.87. The van der Waals surface area contributed by atoms with E-state index in [2.05, 4.69) is 0 Å². The van der Waals surface area contributed by atoms with Crippen LogP contribution in [0.1, 0.15) is 27.2 Å². The maximum absolute atomic E-state index is 11.8. The summed E-state index contributed by atoms with van der Waals surface area (Å²) < 4.78 is 5.27. The zero-order chi connectivity index (χ0) is 15.3. The lowest BCUT2D eigenvalue weighted by atomic mass is 9.84. The maximum atomic E-state index is 11.8. The fourth-order valence-electron chi connectivity index (χ4n) is 1.88. The summed E-state index contributed by atoms with van der Waals surface area (Å²) in [6.45, 7) is 7.19. The summed E-state index contributed by atoms with van der Waals surface area (Å²) in [5.41, 5.74) is -0.526. The van der Waals surface area contributed by atoms with Gasteiger partial charge in [-0.25, -0.2) is 4.79 Å². The first-order valence-corrected chi connectivity index (χ1v) is 6.81. The molecule has 0 radical (unpaired) electrons. The van der Waals surface area contributed by atoms with Crippen LogP contribution in [-0.2, 0) is 9.53 Å². The van der Waals surface area contributed by atoms with Gasteiger partial charge in [0.1, 0.15) is 5.60 Å². The van der Waals surface area contributed by atoms with Gasteiger partial charge >= 0.3 is 13.2 Å². The minimum absolute atomic E-state index is 0.0329. The second kappa shape index (κ2) is 6.94. The van der Waals surface area contributed by atoms with Crippen molar-refractivity contribution >= 4 is 19.1 Å². The number of ether oxygens (including phenoxy) is 1. The van der Waals surface area contributed by atoms with E-state index < -0.39 is 12.7 Å². The van der Waals surface area contributed by atoms with Crippen LogP contribution in [0.5, 0.6) is 0 Å². The Balaban J connectivity index is 2.36. The van der Waals surface area contributed by atoms with Gasteiger partial charge in [-0.2, -0.15) is 0 Å². The molecule has 0 bridgehead atoms. The molecule has 1 heterocycles. The first-order valence-electron chi connectivity index (χ1n) is 6.81. The Morgan fingerprint density at radius 1 is 1.10 bits per heavy atom. The van der Waals surface area contributed by atoms with Crippen molar-refractivity contribution in [1.82, 2.24) is 9.80 Å². The van der Waals surface area contributed by atoms with Crippen LogP contribution >= 0.6 is 0 Å². The van der Waals surface area contributed by atoms with Crippen molar-refractivity contribution in [1.29, 1.82) is 0 Å². The van der Waals surface area contributed by atoms with Crippen molar-refractivity contribution in [3.63, 3.8) is 0 Å². The van der Waals surface area contributed by atoms with E-state index in [0.29, 0.717) is 26.2 Å². The quantitative estimate of drug-likeness (QED) is 0.709. The van der Waals surface area contributed by atoms with Gasteiger partial charge in [-0.1, -0.05) is 0 Å². The van der Waals surface area contributed by atoms with Crippen LogP contribution < -0.4 is 0 Å². The molecule has 0 saturated carbocycles. The van der Waals surface area contributed by atoms with E-state index in [4.69, 9.17) is 14.8 Å². The van der Waals surface area contributed by atoms with Crippen LogP contribution in [0, 0.1) is 0 Å². The normalized spacial score (nSPS) is 16.1. The molecule has 0 aromatic rings. The predicted octanol–water partition coefficient (Wildman–Crippen LogP) is -0.0714. The average molecular weight is 286 g/mol. The molecule has 1 saturated heterocycles. The Hall–Kier alpha value is -1.28. The lowest BCUT2D eigenvalue weighted by molar-refractivity contribution is -0.132. The first-order chi connectivity index (χ1) is 9.19. The maximum Gasteiger partial charge on any atom is 0.451 e. The second-order valence-electron chi connectivity index (χ2n) is 5.87. The molecule has 0 atom stereocenters. The zero-order valence-corrected chi connectivity index (χ0v) is 12.3. The highest BCUT2D eigenvalue weighted by Crippen LogP contribution is 2.12. The number of nitrogens with zero attached hydrogens (tertiary/aromatic N) is 2. The van der Waals surface area contributed by atoms with Crippen LogP contribution in [0.2, 0.25) is 6.32 Å². The molecule has 20 heavy (non-hydrogen) atoms. The molecule has 0 aromatic carbocycles. The van der Waals surface area contributed by atoms with Crippen LogP contribution in [0.4, 0.5) is 4.79 Å². The lowest BCUT2D eigenvalue weighted by Gasteiger charge is -2.35. The third kappa shape index (κ3) is 5.79. The summed E-state index contributed by atoms with van der Waals surface area (Å²) in [4.78, 5) is 26.8. The minimum atomic E-state index is -1.46. The number of amides is 2. The Bertz CT molecular complexity index is 348. The molecule has 0 unspecified atom stereocenters. The van der Waals surface area contributed by atoms with Crippen LogP contribution in [-0.4, -0.2) is 70.7 Å². The largest absolute Gasteiger partial charge is 0.451 e. The highest BCUT2D eigenvalue weighted by molar-refractivity contribution is 6.41. The topological polar surface area (TPSA) is 90.3 Å². The third-order valence-electron chi connectivity index (χ3n) is 2.90. The molecule has 1 fully saturated rings. The molecule has 114 valence electrons. The number of carbonyl (C=O) groups is 2. The number of hydrogen-bond donors (Lipinski definition) is 2. The SMILES string of the molecule is CC(C)(C)OC(=O)N1CCN(C(=O)CCB(O)O)CC1. The number of hydrogen-bond acceptors (Lipinski definition) is 5. The lowest BCUT2D eigenvalue weighted by Crippen LogP contribution is -2.51. The molecular formula is C12H23BN2O5. The standard InChI is InChI=1S/C12H23BN2O5/c1-12(2,3)20-11(17)15-8-6-14(7-9-15)10(16)4-5-13(18)19/h18-19H,4-9H2,1-3H3. The van der Waals surface area contributed by atoms with E-state index in [1.807, 2.05) is 20.8 Å². The molecule has 2 amide bonds. The van der Waals surface area contributed by atoms with Crippen molar-refractivity contribution < 1.29 is 24.4 Å². The van der Waals surface area contributed by atoms with Crippen molar-refractivity contribution in [2.45, 2.75) is 39.1 Å². The monoisotopic (exact) mass is 286 g/mol. The van der Waals surface area contributed by atoms with Crippen molar-refractivity contribution in [3.05, 3.63) is 0 Å². The van der Waals surface area contributed by atoms with Crippen LogP contribution in [0.25, 0.3) is 0 Å². The first kappa shape index (κ1) is 16.8. The van der Waals surface area contributed by atoms with E-state index >= 15 is 0 Å². The summed E-state index contributed by atoms with van der Waals surface area (Å²) in [5.74, 6) is -0.123. The molecular weight excluding hydrogens is 263 g/mol. The summed E-state index contributed by atoms with van der Waals surface area (Å²) in [6, 6.07) is 0. The summed E-state index contributed by atoms with van der Waals surface area (Å²) >= 11 is 0. The van der Waals surface area contributed by atoms with Gasteiger partial charge in [0.15, 0.2) is 0 Å². The molecule has 2 N–H and O–H groups in total. The highest BCUT2D eigenvalue weighted by Gasteiger charge is 2.27. The summed E-state index contributed by atoms with van der Waals surface area (Å²) in [7, 11) is -1.46. The van der Waals surface area contributed by atoms with Crippen LogP contribution in [0.3, 0.4) is 0 Å². The van der Waals surface area contributed by atoms with Gasteiger partial charge in [0.2, 0.25) is 5.91 Å². The van der Waals surface area contributed by atoms with E-state index in [0.717, 1.165) is 0 Å². The van der Waals surface area contributed by atoms with Gasteiger partial charge in [0, 0.05) is 32.6 Å². The fourth-order valence-corrected chi connectivity index (χ4v) is 1.88. The molecule has 8 heteroatoms. The summed E-state index contributed by atoms with van der Waals surface area (Å²) in [5, 5.41) is 17.5. The molecule has 0 spiro atoms. The van der Waals surface area contributed by atoms with E-state index in [1.165, 1.54) is 0 Å². The van der Waals surface area contributed by atoms with Crippen molar-refractivity contribution in [2.75, 3.05) is 26.2 Å². The average Bonchev–Trinajstić information content (AvgIpc) is 2.34. The van der Waals surface area contributed by atoms with Gasteiger partial charge in [-0.05, 0) is 27.1 Å². The number of rotatable bonds is 3.